The Balaban J connectivity index is 0.00000180. The van der Waals surface area contributed by atoms with Gasteiger partial charge in [0, 0.05) is 24.3 Å². The van der Waals surface area contributed by atoms with Crippen LogP contribution in [0.3, 0.4) is 0 Å². The van der Waals surface area contributed by atoms with E-state index in [4.69, 9.17) is 10.5 Å². The highest BCUT2D eigenvalue weighted by molar-refractivity contribution is 7.09. The summed E-state index contributed by atoms with van der Waals surface area (Å²) in [6, 6.07) is -0.435. The highest BCUT2D eigenvalue weighted by atomic mass is 35.5. The molecule has 1 fully saturated rings. The van der Waals surface area contributed by atoms with Crippen molar-refractivity contribution in [2.45, 2.75) is 32.4 Å². The normalized spacial score (nSPS) is 16.7. The minimum absolute atomic E-state index is 0. The Kier molecular flexibility index (Phi) is 9.33. The molecule has 1 aromatic rings. The number of carbonyl (C=O) groups excluding carboxylic acids is 1. The zero-order valence-electron chi connectivity index (χ0n) is 11.3. The van der Waals surface area contributed by atoms with Crippen molar-refractivity contribution in [3.8, 4) is 0 Å². The molecule has 2 rings (SSSR count). The standard InChI is InChI=1S/C12H19N3O2S.2ClH/c1-8-7-18-10(15-8)6-14-12(16)11(13)9-2-4-17-5-3-9;;/h7,9,11H,2-6,13H2,1H3,(H,14,16);2*1H. The fourth-order valence-corrected chi connectivity index (χ4v) is 2.76. The molecule has 0 aliphatic carbocycles. The second-order valence-electron chi connectivity index (χ2n) is 4.58. The summed E-state index contributed by atoms with van der Waals surface area (Å²) in [7, 11) is 0. The second-order valence-corrected chi connectivity index (χ2v) is 5.52. The van der Waals surface area contributed by atoms with Gasteiger partial charge in [-0.2, -0.15) is 0 Å². The monoisotopic (exact) mass is 341 g/mol. The van der Waals surface area contributed by atoms with Crippen molar-refractivity contribution in [1.29, 1.82) is 0 Å². The van der Waals surface area contributed by atoms with E-state index in [1.807, 2.05) is 12.3 Å². The van der Waals surface area contributed by atoms with Crippen molar-refractivity contribution in [2.24, 2.45) is 11.7 Å². The predicted molar refractivity (Wildman–Crippen MR) is 84.7 cm³/mol. The Hall–Kier alpha value is -0.400. The first-order chi connectivity index (χ1) is 8.66. The van der Waals surface area contributed by atoms with Gasteiger partial charge < -0.3 is 15.8 Å². The van der Waals surface area contributed by atoms with Crippen LogP contribution in [0, 0.1) is 12.8 Å². The third-order valence-corrected chi connectivity index (χ3v) is 4.12. The molecule has 8 heteroatoms. The van der Waals surface area contributed by atoms with Crippen LogP contribution in [0.1, 0.15) is 23.5 Å². The number of thiazole rings is 1. The zero-order valence-corrected chi connectivity index (χ0v) is 13.8. The Morgan fingerprint density at radius 3 is 2.75 bits per heavy atom. The van der Waals surface area contributed by atoms with E-state index in [0.29, 0.717) is 19.8 Å². The van der Waals surface area contributed by atoms with Crippen molar-refractivity contribution in [2.75, 3.05) is 13.2 Å². The van der Waals surface area contributed by atoms with Gasteiger partial charge in [0.15, 0.2) is 0 Å². The number of nitrogens with zero attached hydrogens (tertiary/aromatic N) is 1. The van der Waals surface area contributed by atoms with Crippen LogP contribution in [0.4, 0.5) is 0 Å². The first kappa shape index (κ1) is 19.6. The average Bonchev–Trinajstić information content (AvgIpc) is 2.82. The molecule has 1 saturated heterocycles. The Morgan fingerprint density at radius 2 is 2.20 bits per heavy atom. The third kappa shape index (κ3) is 5.54. The maximum atomic E-state index is 11.9. The van der Waals surface area contributed by atoms with E-state index in [0.717, 1.165) is 23.5 Å². The van der Waals surface area contributed by atoms with Crippen LogP contribution in [0.5, 0.6) is 0 Å². The van der Waals surface area contributed by atoms with Crippen LogP contribution < -0.4 is 11.1 Å². The molecular formula is C12H21Cl2N3O2S. The summed E-state index contributed by atoms with van der Waals surface area (Å²) in [5.74, 6) is 0.145. The van der Waals surface area contributed by atoms with E-state index in [-0.39, 0.29) is 36.6 Å². The number of aryl methyl sites for hydroxylation is 1. The van der Waals surface area contributed by atoms with E-state index < -0.39 is 6.04 Å². The molecule has 5 nitrogen and oxygen atoms in total. The summed E-state index contributed by atoms with van der Waals surface area (Å²) in [6.07, 6.45) is 1.73. The summed E-state index contributed by atoms with van der Waals surface area (Å²) in [5, 5.41) is 5.74. The van der Waals surface area contributed by atoms with Gasteiger partial charge in [0.25, 0.3) is 0 Å². The van der Waals surface area contributed by atoms with Crippen molar-refractivity contribution < 1.29 is 9.53 Å². The van der Waals surface area contributed by atoms with Crippen molar-refractivity contribution >= 4 is 42.1 Å². The van der Waals surface area contributed by atoms with Crippen molar-refractivity contribution in [1.82, 2.24) is 10.3 Å². The molecule has 1 aromatic heterocycles. The van der Waals surface area contributed by atoms with Crippen LogP contribution in [0.15, 0.2) is 5.38 Å². The lowest BCUT2D eigenvalue weighted by Gasteiger charge is -2.26. The number of amides is 1. The van der Waals surface area contributed by atoms with Crippen LogP contribution >= 0.6 is 36.2 Å². The lowest BCUT2D eigenvalue weighted by atomic mass is 9.92. The highest BCUT2D eigenvalue weighted by Crippen LogP contribution is 2.17. The summed E-state index contributed by atoms with van der Waals surface area (Å²) < 4.78 is 5.27. The van der Waals surface area contributed by atoms with Gasteiger partial charge in [-0.05, 0) is 25.7 Å². The van der Waals surface area contributed by atoms with Crippen LogP contribution in [-0.4, -0.2) is 30.1 Å². The number of aromatic nitrogens is 1. The average molecular weight is 342 g/mol. The van der Waals surface area contributed by atoms with Crippen LogP contribution in [-0.2, 0) is 16.1 Å². The molecule has 0 aromatic carbocycles. The largest absolute Gasteiger partial charge is 0.381 e. The molecule has 0 radical (unpaired) electrons. The minimum atomic E-state index is -0.435. The number of carbonyl (C=O) groups is 1. The van der Waals surface area contributed by atoms with Gasteiger partial charge in [-0.3, -0.25) is 4.79 Å². The molecule has 1 atom stereocenters. The summed E-state index contributed by atoms with van der Waals surface area (Å²) >= 11 is 1.55. The predicted octanol–water partition coefficient (Wildman–Crippen LogP) is 1.67. The number of halogens is 2. The Bertz CT molecular complexity index is 411. The first-order valence-electron chi connectivity index (χ1n) is 6.19. The van der Waals surface area contributed by atoms with Crippen LogP contribution in [0.2, 0.25) is 0 Å². The molecule has 3 N–H and O–H groups in total. The minimum Gasteiger partial charge on any atom is -0.381 e. The van der Waals surface area contributed by atoms with E-state index >= 15 is 0 Å². The van der Waals surface area contributed by atoms with Gasteiger partial charge in [0.05, 0.1) is 12.6 Å². The zero-order chi connectivity index (χ0) is 13.0. The summed E-state index contributed by atoms with van der Waals surface area (Å²) in [5.41, 5.74) is 6.96. The van der Waals surface area contributed by atoms with E-state index in [2.05, 4.69) is 10.3 Å². The molecule has 1 aliphatic heterocycles. The lowest BCUT2D eigenvalue weighted by Crippen LogP contribution is -2.46. The maximum absolute atomic E-state index is 11.9. The molecule has 1 aliphatic rings. The molecule has 0 spiro atoms. The fraction of sp³-hybridized carbons (Fsp3) is 0.667. The smallest absolute Gasteiger partial charge is 0.237 e. The van der Waals surface area contributed by atoms with Gasteiger partial charge in [0.2, 0.25) is 5.91 Å². The van der Waals surface area contributed by atoms with Gasteiger partial charge in [-0.25, -0.2) is 4.98 Å². The molecule has 0 bridgehead atoms. The van der Waals surface area contributed by atoms with Crippen molar-refractivity contribution in [3.05, 3.63) is 16.1 Å². The molecule has 1 unspecified atom stereocenters. The molecule has 116 valence electrons. The van der Waals surface area contributed by atoms with E-state index in [1.54, 1.807) is 11.3 Å². The van der Waals surface area contributed by atoms with E-state index in [1.165, 1.54) is 0 Å². The number of hydrogen-bond acceptors (Lipinski definition) is 5. The maximum Gasteiger partial charge on any atom is 0.237 e. The summed E-state index contributed by atoms with van der Waals surface area (Å²) in [4.78, 5) is 16.2. The molecule has 2 heterocycles. The molecule has 20 heavy (non-hydrogen) atoms. The number of ether oxygens (including phenoxy) is 1. The Morgan fingerprint density at radius 1 is 1.55 bits per heavy atom. The van der Waals surface area contributed by atoms with Gasteiger partial charge in [-0.1, -0.05) is 0 Å². The number of hydrogen-bond donors (Lipinski definition) is 2. The quantitative estimate of drug-likeness (QED) is 0.873. The number of nitrogens with one attached hydrogen (secondary N) is 1. The second kappa shape index (κ2) is 9.52. The Labute approximate surface area is 135 Å². The molecular weight excluding hydrogens is 321 g/mol. The SMILES string of the molecule is Cc1csc(CNC(=O)C(N)C2CCOCC2)n1.Cl.Cl. The third-order valence-electron chi connectivity index (χ3n) is 3.16. The van der Waals surface area contributed by atoms with Gasteiger partial charge in [0.1, 0.15) is 5.01 Å². The lowest BCUT2D eigenvalue weighted by molar-refractivity contribution is -0.124. The molecule has 0 saturated carbocycles. The summed E-state index contributed by atoms with van der Waals surface area (Å²) in [6.45, 7) is 3.82. The fourth-order valence-electron chi connectivity index (χ4n) is 2.05. The highest BCUT2D eigenvalue weighted by Gasteiger charge is 2.26. The number of rotatable bonds is 4. The number of nitrogens with two attached hydrogens (primary N) is 1. The molecule has 1 amide bonds. The van der Waals surface area contributed by atoms with Crippen LogP contribution in [0.25, 0.3) is 0 Å². The van der Waals surface area contributed by atoms with Crippen molar-refractivity contribution in [3.63, 3.8) is 0 Å². The first-order valence-corrected chi connectivity index (χ1v) is 7.07. The van der Waals surface area contributed by atoms with Gasteiger partial charge in [-0.15, -0.1) is 36.2 Å². The topological polar surface area (TPSA) is 77.2 Å². The van der Waals surface area contributed by atoms with Gasteiger partial charge >= 0.3 is 0 Å². The van der Waals surface area contributed by atoms with E-state index in [9.17, 15) is 4.79 Å².